The molecular formula is C22H21N5O6. The van der Waals surface area contributed by atoms with E-state index < -0.39 is 29.7 Å². The first kappa shape index (κ1) is 23.1. The number of urea groups is 1. The van der Waals surface area contributed by atoms with Gasteiger partial charge in [-0.1, -0.05) is 19.1 Å². The molecule has 1 heterocycles. The zero-order chi connectivity index (χ0) is 24.0. The van der Waals surface area contributed by atoms with Crippen LogP contribution in [0.25, 0.3) is 0 Å². The smallest absolute Gasteiger partial charge is 0.335 e. The molecule has 33 heavy (non-hydrogen) atoms. The molecule has 1 aliphatic heterocycles. The van der Waals surface area contributed by atoms with Gasteiger partial charge in [-0.3, -0.25) is 24.5 Å². The van der Waals surface area contributed by atoms with Crippen molar-refractivity contribution in [2.75, 3.05) is 17.3 Å². The SMILES string of the molecule is CCC(=O)Nc1ccc(C(=O)N/N=C\[C@@H]2C(=O)NC(=O)N(c3ccccc3OC)C2=O)cc1. The molecule has 1 aliphatic rings. The number of hydrogen-bond donors (Lipinski definition) is 3. The standard InChI is InChI=1S/C22H21N5O6/c1-3-18(28)24-14-10-8-13(9-11-14)19(29)26-23-12-15-20(30)25-22(32)27(21(15)31)16-6-4-5-7-17(16)33-2/h4-12,15H,3H2,1-2H3,(H,24,28)(H,26,29)(H,25,30,32)/b23-12-/t15-/m1/s1. The number of imide groups is 2. The predicted molar refractivity (Wildman–Crippen MR) is 119 cm³/mol. The summed E-state index contributed by atoms with van der Waals surface area (Å²) in [5, 5.41) is 8.46. The molecule has 2 aromatic rings. The Morgan fingerprint density at radius 3 is 2.48 bits per heavy atom. The second-order valence-electron chi connectivity index (χ2n) is 6.82. The molecule has 1 fully saturated rings. The van der Waals surface area contributed by atoms with E-state index in [1.165, 1.54) is 25.3 Å². The van der Waals surface area contributed by atoms with Gasteiger partial charge in [0, 0.05) is 23.9 Å². The molecule has 3 rings (SSSR count). The van der Waals surface area contributed by atoms with Gasteiger partial charge in [0.25, 0.3) is 11.8 Å². The number of barbiturate groups is 1. The fraction of sp³-hybridized carbons (Fsp3) is 0.182. The second-order valence-corrected chi connectivity index (χ2v) is 6.82. The minimum absolute atomic E-state index is 0.159. The lowest BCUT2D eigenvalue weighted by Gasteiger charge is -2.29. The van der Waals surface area contributed by atoms with E-state index in [-0.39, 0.29) is 22.9 Å². The fourth-order valence-electron chi connectivity index (χ4n) is 2.95. The number of anilines is 2. The molecule has 0 unspecified atom stereocenters. The van der Waals surface area contributed by atoms with Crippen molar-refractivity contribution in [1.82, 2.24) is 10.7 Å². The molecule has 0 radical (unpaired) electrons. The second kappa shape index (κ2) is 10.2. The van der Waals surface area contributed by atoms with Gasteiger partial charge in [0.2, 0.25) is 11.8 Å². The molecule has 170 valence electrons. The number of rotatable bonds is 7. The van der Waals surface area contributed by atoms with Crippen LogP contribution in [0.15, 0.2) is 53.6 Å². The number of hydrogen-bond acceptors (Lipinski definition) is 7. The lowest BCUT2D eigenvalue weighted by molar-refractivity contribution is -0.131. The van der Waals surface area contributed by atoms with E-state index in [1.807, 2.05) is 0 Å². The number of hydrazone groups is 1. The Morgan fingerprint density at radius 2 is 1.82 bits per heavy atom. The van der Waals surface area contributed by atoms with Gasteiger partial charge < -0.3 is 10.1 Å². The third-order valence-electron chi connectivity index (χ3n) is 4.67. The van der Waals surface area contributed by atoms with Crippen molar-refractivity contribution in [1.29, 1.82) is 0 Å². The highest BCUT2D eigenvalue weighted by Crippen LogP contribution is 2.30. The Labute approximate surface area is 188 Å². The van der Waals surface area contributed by atoms with Gasteiger partial charge in [-0.05, 0) is 36.4 Å². The number of carbonyl (C=O) groups excluding carboxylic acids is 5. The maximum Gasteiger partial charge on any atom is 0.335 e. The Hall–Kier alpha value is -4.54. The highest BCUT2D eigenvalue weighted by Gasteiger charge is 2.41. The third-order valence-corrected chi connectivity index (χ3v) is 4.67. The summed E-state index contributed by atoms with van der Waals surface area (Å²) in [4.78, 5) is 61.8. The van der Waals surface area contributed by atoms with Crippen LogP contribution in [0.4, 0.5) is 16.2 Å². The number of nitrogens with one attached hydrogen (secondary N) is 3. The first-order valence-electron chi connectivity index (χ1n) is 9.91. The molecule has 6 amide bonds. The molecule has 0 spiro atoms. The van der Waals surface area contributed by atoms with Crippen molar-refractivity contribution in [3.63, 3.8) is 0 Å². The van der Waals surface area contributed by atoms with E-state index in [0.717, 1.165) is 11.1 Å². The van der Waals surface area contributed by atoms with E-state index >= 15 is 0 Å². The van der Waals surface area contributed by atoms with Crippen LogP contribution in [0.5, 0.6) is 5.75 Å². The summed E-state index contributed by atoms with van der Waals surface area (Å²) in [5.74, 6) is -3.65. The summed E-state index contributed by atoms with van der Waals surface area (Å²) in [7, 11) is 1.38. The quantitative estimate of drug-likeness (QED) is 0.331. The van der Waals surface area contributed by atoms with Crippen LogP contribution in [-0.4, -0.2) is 43.0 Å². The Balaban J connectivity index is 1.70. The highest BCUT2D eigenvalue weighted by atomic mass is 16.5. The largest absolute Gasteiger partial charge is 0.495 e. The lowest BCUT2D eigenvalue weighted by Crippen LogP contribution is -2.58. The van der Waals surface area contributed by atoms with Crippen molar-refractivity contribution in [3.8, 4) is 5.75 Å². The van der Waals surface area contributed by atoms with Crippen molar-refractivity contribution in [3.05, 3.63) is 54.1 Å². The maximum absolute atomic E-state index is 12.9. The monoisotopic (exact) mass is 451 g/mol. The Kier molecular flexibility index (Phi) is 7.13. The van der Waals surface area contributed by atoms with Crippen LogP contribution >= 0.6 is 0 Å². The molecule has 0 aromatic heterocycles. The Morgan fingerprint density at radius 1 is 1.12 bits per heavy atom. The summed E-state index contributed by atoms with van der Waals surface area (Å²) in [6.07, 6.45) is 1.27. The van der Waals surface area contributed by atoms with Crippen LogP contribution in [0.1, 0.15) is 23.7 Å². The van der Waals surface area contributed by atoms with Crippen molar-refractivity contribution < 1.29 is 28.7 Å². The van der Waals surface area contributed by atoms with E-state index in [2.05, 4.69) is 21.2 Å². The molecule has 11 nitrogen and oxygen atoms in total. The highest BCUT2D eigenvalue weighted by molar-refractivity contribution is 6.33. The number of para-hydroxylation sites is 2. The zero-order valence-corrected chi connectivity index (χ0v) is 17.8. The topological polar surface area (TPSA) is 146 Å². The average molecular weight is 451 g/mol. The molecule has 0 aliphatic carbocycles. The van der Waals surface area contributed by atoms with Gasteiger partial charge in [0.1, 0.15) is 5.75 Å². The van der Waals surface area contributed by atoms with Gasteiger partial charge in [0.15, 0.2) is 5.92 Å². The summed E-state index contributed by atoms with van der Waals surface area (Å²) < 4.78 is 5.18. The molecule has 2 aromatic carbocycles. The minimum atomic E-state index is -1.44. The van der Waals surface area contributed by atoms with E-state index in [4.69, 9.17) is 4.74 Å². The summed E-state index contributed by atoms with van der Waals surface area (Å²) in [6.45, 7) is 1.72. The molecule has 1 saturated heterocycles. The van der Waals surface area contributed by atoms with Crippen molar-refractivity contribution in [2.24, 2.45) is 11.0 Å². The first-order valence-corrected chi connectivity index (χ1v) is 9.91. The molecule has 0 bridgehead atoms. The van der Waals surface area contributed by atoms with Gasteiger partial charge in [-0.2, -0.15) is 5.10 Å². The molecule has 0 saturated carbocycles. The van der Waals surface area contributed by atoms with Gasteiger partial charge in [-0.15, -0.1) is 0 Å². The summed E-state index contributed by atoms with van der Waals surface area (Å²) in [5.41, 5.74) is 3.17. The van der Waals surface area contributed by atoms with Gasteiger partial charge >= 0.3 is 6.03 Å². The van der Waals surface area contributed by atoms with E-state index in [0.29, 0.717) is 12.1 Å². The van der Waals surface area contributed by atoms with E-state index in [1.54, 1.807) is 37.3 Å². The van der Waals surface area contributed by atoms with Crippen LogP contribution in [0.3, 0.4) is 0 Å². The minimum Gasteiger partial charge on any atom is -0.495 e. The fourth-order valence-corrected chi connectivity index (χ4v) is 2.95. The summed E-state index contributed by atoms with van der Waals surface area (Å²) in [6, 6.07) is 11.5. The van der Waals surface area contributed by atoms with Crippen molar-refractivity contribution in [2.45, 2.75) is 13.3 Å². The zero-order valence-electron chi connectivity index (χ0n) is 17.8. The normalized spacial score (nSPS) is 15.9. The maximum atomic E-state index is 12.9. The van der Waals surface area contributed by atoms with Gasteiger partial charge in [0.05, 0.1) is 12.8 Å². The van der Waals surface area contributed by atoms with Crippen LogP contribution in [-0.2, 0) is 14.4 Å². The first-order chi connectivity index (χ1) is 15.8. The number of nitrogens with zero attached hydrogens (tertiary/aromatic N) is 2. The van der Waals surface area contributed by atoms with Crippen LogP contribution in [0, 0.1) is 5.92 Å². The third kappa shape index (κ3) is 5.21. The molecule has 3 N–H and O–H groups in total. The number of benzene rings is 2. The van der Waals surface area contributed by atoms with Gasteiger partial charge in [-0.25, -0.2) is 15.1 Å². The van der Waals surface area contributed by atoms with E-state index in [9.17, 15) is 24.0 Å². The number of amides is 6. The average Bonchev–Trinajstić information content (AvgIpc) is 2.81. The van der Waals surface area contributed by atoms with Crippen LogP contribution in [0.2, 0.25) is 0 Å². The number of methoxy groups -OCH3 is 1. The molecular weight excluding hydrogens is 430 g/mol. The predicted octanol–water partition coefficient (Wildman–Crippen LogP) is 1.66. The Bertz CT molecular complexity index is 1130. The number of carbonyl (C=O) groups is 5. The number of ether oxygens (including phenoxy) is 1. The lowest BCUT2D eigenvalue weighted by atomic mass is 10.1. The van der Waals surface area contributed by atoms with Crippen molar-refractivity contribution >= 4 is 47.2 Å². The summed E-state index contributed by atoms with van der Waals surface area (Å²) >= 11 is 0. The molecule has 1 atom stereocenters. The molecule has 11 heteroatoms. The van der Waals surface area contributed by atoms with Crippen LogP contribution < -0.4 is 25.7 Å².